The standard InChI is InChI=1S/C18H16F4N2O2/c1-11(25)24(9-8-12-4-2-3-5-13(12)19)10-16(26)23-15-7-6-14(20)17(21)18(15)22/h2-7H,8-10H2,1H3,(H,23,26). The highest BCUT2D eigenvalue weighted by Crippen LogP contribution is 2.19. The molecule has 0 aliphatic carbocycles. The zero-order valence-electron chi connectivity index (χ0n) is 13.9. The normalized spacial score (nSPS) is 10.5. The van der Waals surface area contributed by atoms with Gasteiger partial charge in [-0.25, -0.2) is 17.6 Å². The molecule has 2 aromatic rings. The highest BCUT2D eigenvalue weighted by atomic mass is 19.2. The van der Waals surface area contributed by atoms with Crippen molar-refractivity contribution in [3.63, 3.8) is 0 Å². The van der Waals surface area contributed by atoms with Gasteiger partial charge in [-0.15, -0.1) is 0 Å². The van der Waals surface area contributed by atoms with E-state index in [4.69, 9.17) is 0 Å². The summed E-state index contributed by atoms with van der Waals surface area (Å²) in [7, 11) is 0. The van der Waals surface area contributed by atoms with Crippen molar-refractivity contribution in [3.05, 3.63) is 65.2 Å². The van der Waals surface area contributed by atoms with Gasteiger partial charge in [0, 0.05) is 13.5 Å². The number of carbonyl (C=O) groups excluding carboxylic acids is 2. The number of amides is 2. The van der Waals surface area contributed by atoms with Gasteiger partial charge < -0.3 is 10.2 Å². The van der Waals surface area contributed by atoms with E-state index in [2.05, 4.69) is 5.32 Å². The number of anilines is 1. The van der Waals surface area contributed by atoms with E-state index in [1.165, 1.54) is 19.1 Å². The highest BCUT2D eigenvalue weighted by molar-refractivity contribution is 5.94. The van der Waals surface area contributed by atoms with Crippen LogP contribution in [0.2, 0.25) is 0 Å². The summed E-state index contributed by atoms with van der Waals surface area (Å²) in [6, 6.07) is 7.58. The molecule has 2 amide bonds. The van der Waals surface area contributed by atoms with Crippen molar-refractivity contribution in [3.8, 4) is 0 Å². The van der Waals surface area contributed by atoms with Crippen molar-refractivity contribution in [2.45, 2.75) is 13.3 Å². The number of benzene rings is 2. The maximum atomic E-state index is 13.6. The first-order valence-corrected chi connectivity index (χ1v) is 7.72. The molecule has 0 spiro atoms. The van der Waals surface area contributed by atoms with E-state index >= 15 is 0 Å². The Bertz CT molecular complexity index is 827. The number of halogens is 4. The summed E-state index contributed by atoms with van der Waals surface area (Å²) in [6.45, 7) is 0.846. The predicted molar refractivity (Wildman–Crippen MR) is 87.3 cm³/mol. The predicted octanol–water partition coefficient (Wildman–Crippen LogP) is 3.27. The average molecular weight is 368 g/mol. The SMILES string of the molecule is CC(=O)N(CCc1ccccc1F)CC(=O)Nc1ccc(F)c(F)c1F. The number of rotatable bonds is 6. The molecule has 0 heterocycles. The molecule has 0 atom stereocenters. The zero-order valence-corrected chi connectivity index (χ0v) is 13.9. The number of carbonyl (C=O) groups is 2. The summed E-state index contributed by atoms with van der Waals surface area (Å²) in [5.41, 5.74) is -0.155. The summed E-state index contributed by atoms with van der Waals surface area (Å²) in [4.78, 5) is 24.8. The van der Waals surface area contributed by atoms with Crippen molar-refractivity contribution < 1.29 is 27.2 Å². The number of hydrogen-bond donors (Lipinski definition) is 1. The van der Waals surface area contributed by atoms with Gasteiger partial charge in [-0.1, -0.05) is 18.2 Å². The lowest BCUT2D eigenvalue weighted by Crippen LogP contribution is -2.38. The van der Waals surface area contributed by atoms with Gasteiger partial charge >= 0.3 is 0 Å². The molecule has 0 fully saturated rings. The Hall–Kier alpha value is -2.90. The van der Waals surface area contributed by atoms with Gasteiger partial charge in [0.05, 0.1) is 12.2 Å². The summed E-state index contributed by atoms with van der Waals surface area (Å²) >= 11 is 0. The monoisotopic (exact) mass is 368 g/mol. The Morgan fingerprint density at radius 2 is 1.65 bits per heavy atom. The third kappa shape index (κ3) is 4.81. The molecule has 138 valence electrons. The zero-order chi connectivity index (χ0) is 19.3. The molecule has 0 aliphatic heterocycles. The van der Waals surface area contributed by atoms with Crippen molar-refractivity contribution >= 4 is 17.5 Å². The Balaban J connectivity index is 2.01. The molecule has 2 rings (SSSR count). The largest absolute Gasteiger partial charge is 0.333 e. The lowest BCUT2D eigenvalue weighted by atomic mass is 10.1. The molecule has 0 saturated carbocycles. The van der Waals surface area contributed by atoms with Crippen LogP contribution >= 0.6 is 0 Å². The fourth-order valence-corrected chi connectivity index (χ4v) is 2.29. The van der Waals surface area contributed by atoms with Crippen LogP contribution in [0.25, 0.3) is 0 Å². The first-order valence-electron chi connectivity index (χ1n) is 7.72. The molecule has 0 bridgehead atoms. The fourth-order valence-electron chi connectivity index (χ4n) is 2.29. The summed E-state index contributed by atoms with van der Waals surface area (Å²) in [6.07, 6.45) is 0.180. The van der Waals surface area contributed by atoms with Gasteiger partial charge in [0.15, 0.2) is 17.5 Å². The molecule has 8 heteroatoms. The molecule has 0 aromatic heterocycles. The average Bonchev–Trinajstić information content (AvgIpc) is 2.60. The maximum Gasteiger partial charge on any atom is 0.244 e. The molecule has 0 saturated heterocycles. The summed E-state index contributed by atoms with van der Waals surface area (Å²) in [5.74, 6) is -6.27. The van der Waals surface area contributed by atoms with Crippen LogP contribution in [0.3, 0.4) is 0 Å². The topological polar surface area (TPSA) is 49.4 Å². The van der Waals surface area contributed by atoms with Crippen LogP contribution < -0.4 is 5.32 Å². The smallest absolute Gasteiger partial charge is 0.244 e. The summed E-state index contributed by atoms with van der Waals surface area (Å²) in [5, 5.41) is 2.08. The lowest BCUT2D eigenvalue weighted by molar-refractivity contribution is -0.132. The molecule has 26 heavy (non-hydrogen) atoms. The third-order valence-corrected chi connectivity index (χ3v) is 3.70. The minimum atomic E-state index is -1.70. The van der Waals surface area contributed by atoms with E-state index in [-0.39, 0.29) is 13.0 Å². The lowest BCUT2D eigenvalue weighted by Gasteiger charge is -2.21. The number of hydrogen-bond acceptors (Lipinski definition) is 2. The Kier molecular flexibility index (Phi) is 6.32. The second-order valence-corrected chi connectivity index (χ2v) is 5.55. The molecular weight excluding hydrogens is 352 g/mol. The van der Waals surface area contributed by atoms with E-state index in [0.717, 1.165) is 11.0 Å². The minimum absolute atomic E-state index is 0.0595. The van der Waals surface area contributed by atoms with Crippen LogP contribution in [0.1, 0.15) is 12.5 Å². The Morgan fingerprint density at radius 3 is 2.31 bits per heavy atom. The van der Waals surface area contributed by atoms with Gasteiger partial charge in [0.1, 0.15) is 5.82 Å². The molecule has 1 N–H and O–H groups in total. The van der Waals surface area contributed by atoms with Crippen molar-refractivity contribution in [2.24, 2.45) is 0 Å². The Morgan fingerprint density at radius 1 is 0.962 bits per heavy atom. The van der Waals surface area contributed by atoms with Crippen molar-refractivity contribution in [1.82, 2.24) is 4.90 Å². The fraction of sp³-hybridized carbons (Fsp3) is 0.222. The highest BCUT2D eigenvalue weighted by Gasteiger charge is 2.18. The van der Waals surface area contributed by atoms with Crippen LogP contribution in [0.5, 0.6) is 0 Å². The van der Waals surface area contributed by atoms with Gasteiger partial charge in [-0.05, 0) is 30.2 Å². The van der Waals surface area contributed by atoms with Gasteiger partial charge in [-0.2, -0.15) is 0 Å². The molecule has 0 aliphatic rings. The van der Waals surface area contributed by atoms with Crippen molar-refractivity contribution in [1.29, 1.82) is 0 Å². The first-order chi connectivity index (χ1) is 12.3. The van der Waals surface area contributed by atoms with Crippen LogP contribution in [-0.2, 0) is 16.0 Å². The van der Waals surface area contributed by atoms with E-state index < -0.39 is 47.3 Å². The van der Waals surface area contributed by atoms with Gasteiger partial charge in [0.2, 0.25) is 11.8 Å². The van der Waals surface area contributed by atoms with Crippen LogP contribution in [0.15, 0.2) is 36.4 Å². The van der Waals surface area contributed by atoms with Crippen LogP contribution in [-0.4, -0.2) is 29.8 Å². The molecule has 0 radical (unpaired) electrons. The molecule has 4 nitrogen and oxygen atoms in total. The maximum absolute atomic E-state index is 13.6. The van der Waals surface area contributed by atoms with Crippen LogP contribution in [0.4, 0.5) is 23.2 Å². The van der Waals surface area contributed by atoms with E-state index in [0.29, 0.717) is 11.6 Å². The second kappa shape index (κ2) is 8.46. The van der Waals surface area contributed by atoms with Gasteiger partial charge in [0.25, 0.3) is 0 Å². The van der Waals surface area contributed by atoms with E-state index in [1.807, 2.05) is 0 Å². The Labute approximate surface area is 147 Å². The first kappa shape index (κ1) is 19.4. The van der Waals surface area contributed by atoms with E-state index in [9.17, 15) is 27.2 Å². The molecular formula is C18H16F4N2O2. The quantitative estimate of drug-likeness (QED) is 0.629. The second-order valence-electron chi connectivity index (χ2n) is 5.55. The molecule has 2 aromatic carbocycles. The van der Waals surface area contributed by atoms with Crippen LogP contribution in [0, 0.1) is 23.3 Å². The number of nitrogens with zero attached hydrogens (tertiary/aromatic N) is 1. The van der Waals surface area contributed by atoms with Crippen molar-refractivity contribution in [2.75, 3.05) is 18.4 Å². The third-order valence-electron chi connectivity index (χ3n) is 3.70. The van der Waals surface area contributed by atoms with Gasteiger partial charge in [-0.3, -0.25) is 9.59 Å². The van der Waals surface area contributed by atoms with E-state index in [1.54, 1.807) is 12.1 Å². The summed E-state index contributed by atoms with van der Waals surface area (Å²) < 4.78 is 53.3. The minimum Gasteiger partial charge on any atom is -0.333 e. The molecule has 0 unspecified atom stereocenters. The number of nitrogens with one attached hydrogen (secondary N) is 1.